The molecular formula is C26H25BrN2O2S. The first kappa shape index (κ1) is 22.6. The van der Waals surface area contributed by atoms with E-state index in [1.54, 1.807) is 23.9 Å². The van der Waals surface area contributed by atoms with Gasteiger partial charge in [0.1, 0.15) is 5.37 Å². The topological polar surface area (TPSA) is 49.4 Å². The Kier molecular flexibility index (Phi) is 6.45. The molecule has 4 nitrogen and oxygen atoms in total. The van der Waals surface area contributed by atoms with Gasteiger partial charge in [0, 0.05) is 21.4 Å². The molecule has 164 valence electrons. The molecule has 0 aliphatic carbocycles. The molecule has 6 heteroatoms. The number of amides is 2. The molecule has 0 aromatic heterocycles. The van der Waals surface area contributed by atoms with Gasteiger partial charge in [0.15, 0.2) is 0 Å². The highest BCUT2D eigenvalue weighted by molar-refractivity contribution is 9.10. The van der Waals surface area contributed by atoms with Crippen LogP contribution in [0.1, 0.15) is 47.6 Å². The van der Waals surface area contributed by atoms with Gasteiger partial charge in [0.05, 0.1) is 5.75 Å². The van der Waals surface area contributed by atoms with Crippen LogP contribution in [0.5, 0.6) is 0 Å². The standard InChI is InChI=1S/C26H25BrN2O2S/c1-26(2,3)19-9-13-22(14-10-19)29-23(30)16-32-25(29)17-7-11-21(12-8-17)28-24(31)18-5-4-6-20(27)15-18/h4-15,25H,16H2,1-3H3,(H,28,31). The molecule has 1 unspecified atom stereocenters. The maximum atomic E-state index is 12.7. The van der Waals surface area contributed by atoms with Gasteiger partial charge in [-0.2, -0.15) is 0 Å². The van der Waals surface area contributed by atoms with E-state index in [9.17, 15) is 9.59 Å². The molecule has 0 radical (unpaired) electrons. The molecule has 1 fully saturated rings. The van der Waals surface area contributed by atoms with Crippen molar-refractivity contribution in [3.63, 3.8) is 0 Å². The zero-order valence-corrected chi connectivity index (χ0v) is 20.7. The van der Waals surface area contributed by atoms with Crippen molar-refractivity contribution in [3.05, 3.63) is 94.0 Å². The molecule has 4 rings (SSSR count). The van der Waals surface area contributed by atoms with Crippen molar-refractivity contribution in [3.8, 4) is 0 Å². The van der Waals surface area contributed by atoms with Crippen molar-refractivity contribution >= 4 is 50.9 Å². The van der Waals surface area contributed by atoms with Crippen LogP contribution in [-0.2, 0) is 10.2 Å². The second-order valence-corrected chi connectivity index (χ2v) is 10.8. The summed E-state index contributed by atoms with van der Waals surface area (Å²) in [6.45, 7) is 6.54. The predicted octanol–water partition coefficient (Wildman–Crippen LogP) is 6.78. The minimum Gasteiger partial charge on any atom is -0.322 e. The van der Waals surface area contributed by atoms with Crippen LogP contribution in [0.25, 0.3) is 0 Å². The molecule has 1 aliphatic rings. The molecule has 1 heterocycles. The van der Waals surface area contributed by atoms with Crippen LogP contribution in [0.2, 0.25) is 0 Å². The fourth-order valence-electron chi connectivity index (χ4n) is 3.64. The monoisotopic (exact) mass is 508 g/mol. The molecule has 1 N–H and O–H groups in total. The summed E-state index contributed by atoms with van der Waals surface area (Å²) in [5.41, 5.74) is 4.55. The fraction of sp³-hybridized carbons (Fsp3) is 0.231. The largest absolute Gasteiger partial charge is 0.322 e. The van der Waals surface area contributed by atoms with E-state index in [-0.39, 0.29) is 22.6 Å². The zero-order chi connectivity index (χ0) is 22.9. The summed E-state index contributed by atoms with van der Waals surface area (Å²) < 4.78 is 0.860. The lowest BCUT2D eigenvalue weighted by Gasteiger charge is -2.26. The second-order valence-electron chi connectivity index (χ2n) is 8.81. The molecule has 32 heavy (non-hydrogen) atoms. The fourth-order valence-corrected chi connectivity index (χ4v) is 5.21. The number of rotatable bonds is 4. The molecule has 1 saturated heterocycles. The normalized spacial score (nSPS) is 16.3. The Hall–Kier alpha value is -2.57. The number of hydrogen-bond donors (Lipinski definition) is 1. The molecule has 1 aliphatic heterocycles. The molecule has 2 amide bonds. The van der Waals surface area contributed by atoms with Crippen LogP contribution in [-0.4, -0.2) is 17.6 Å². The van der Waals surface area contributed by atoms with E-state index in [1.165, 1.54) is 5.56 Å². The molecule has 1 atom stereocenters. The average Bonchev–Trinajstić information content (AvgIpc) is 3.15. The van der Waals surface area contributed by atoms with E-state index >= 15 is 0 Å². The Balaban J connectivity index is 1.51. The minimum atomic E-state index is -0.162. The minimum absolute atomic E-state index is 0.0673. The Labute approximate surface area is 201 Å². The van der Waals surface area contributed by atoms with E-state index in [0.29, 0.717) is 17.0 Å². The highest BCUT2D eigenvalue weighted by atomic mass is 79.9. The van der Waals surface area contributed by atoms with Crippen molar-refractivity contribution in [2.45, 2.75) is 31.6 Å². The highest BCUT2D eigenvalue weighted by Gasteiger charge is 2.34. The number of carbonyl (C=O) groups excluding carboxylic acids is 2. The van der Waals surface area contributed by atoms with E-state index in [4.69, 9.17) is 0 Å². The first-order valence-corrected chi connectivity index (χ1v) is 12.3. The van der Waals surface area contributed by atoms with Gasteiger partial charge < -0.3 is 5.32 Å². The van der Waals surface area contributed by atoms with Crippen molar-refractivity contribution in [1.29, 1.82) is 0 Å². The van der Waals surface area contributed by atoms with Crippen LogP contribution >= 0.6 is 27.7 Å². The Bertz CT molecular complexity index is 1140. The predicted molar refractivity (Wildman–Crippen MR) is 136 cm³/mol. The zero-order valence-electron chi connectivity index (χ0n) is 18.3. The number of carbonyl (C=O) groups is 2. The molecule has 0 bridgehead atoms. The number of nitrogens with one attached hydrogen (secondary N) is 1. The van der Waals surface area contributed by atoms with Crippen LogP contribution in [0.3, 0.4) is 0 Å². The van der Waals surface area contributed by atoms with Crippen LogP contribution in [0.4, 0.5) is 11.4 Å². The van der Waals surface area contributed by atoms with Gasteiger partial charge in [-0.25, -0.2) is 0 Å². The number of hydrogen-bond acceptors (Lipinski definition) is 3. The van der Waals surface area contributed by atoms with Gasteiger partial charge in [-0.3, -0.25) is 14.5 Å². The van der Waals surface area contributed by atoms with Crippen molar-refractivity contribution in [1.82, 2.24) is 0 Å². The maximum absolute atomic E-state index is 12.7. The lowest BCUT2D eigenvalue weighted by Crippen LogP contribution is -2.28. The first-order chi connectivity index (χ1) is 15.2. The third kappa shape index (κ3) is 4.92. The van der Waals surface area contributed by atoms with Crippen LogP contribution in [0.15, 0.2) is 77.3 Å². The lowest BCUT2D eigenvalue weighted by molar-refractivity contribution is -0.115. The van der Waals surface area contributed by atoms with E-state index < -0.39 is 0 Å². The summed E-state index contributed by atoms with van der Waals surface area (Å²) in [6.07, 6.45) is 0. The molecule has 0 spiro atoms. The Morgan fingerprint density at radius 2 is 1.72 bits per heavy atom. The molecule has 3 aromatic rings. The average molecular weight is 509 g/mol. The summed E-state index contributed by atoms with van der Waals surface area (Å²) in [7, 11) is 0. The van der Waals surface area contributed by atoms with Gasteiger partial charge >= 0.3 is 0 Å². The van der Waals surface area contributed by atoms with E-state index in [1.807, 2.05) is 53.4 Å². The highest BCUT2D eigenvalue weighted by Crippen LogP contribution is 2.42. The number of anilines is 2. The van der Waals surface area contributed by atoms with Gasteiger partial charge in [-0.1, -0.05) is 67.0 Å². The van der Waals surface area contributed by atoms with Gasteiger partial charge in [-0.15, -0.1) is 11.8 Å². The van der Waals surface area contributed by atoms with Crippen LogP contribution in [0, 0.1) is 0 Å². The number of halogens is 1. The molecule has 3 aromatic carbocycles. The third-order valence-electron chi connectivity index (χ3n) is 5.42. The lowest BCUT2D eigenvalue weighted by atomic mass is 9.87. The number of thioether (sulfide) groups is 1. The quantitative estimate of drug-likeness (QED) is 0.422. The first-order valence-electron chi connectivity index (χ1n) is 10.4. The third-order valence-corrected chi connectivity index (χ3v) is 7.13. The smallest absolute Gasteiger partial charge is 0.255 e. The van der Waals surface area contributed by atoms with Gasteiger partial charge in [0.2, 0.25) is 5.91 Å². The molecule has 0 saturated carbocycles. The summed E-state index contributed by atoms with van der Waals surface area (Å²) in [6, 6.07) is 23.3. The maximum Gasteiger partial charge on any atom is 0.255 e. The summed E-state index contributed by atoms with van der Waals surface area (Å²) in [5, 5.41) is 2.84. The number of nitrogens with zero attached hydrogens (tertiary/aromatic N) is 1. The second kappa shape index (κ2) is 9.12. The number of benzene rings is 3. The van der Waals surface area contributed by atoms with Crippen molar-refractivity contribution in [2.24, 2.45) is 0 Å². The Morgan fingerprint density at radius 1 is 1.03 bits per heavy atom. The Morgan fingerprint density at radius 3 is 2.34 bits per heavy atom. The van der Waals surface area contributed by atoms with Crippen molar-refractivity contribution < 1.29 is 9.59 Å². The summed E-state index contributed by atoms with van der Waals surface area (Å²) in [5.74, 6) is 0.396. The van der Waals surface area contributed by atoms with E-state index in [2.05, 4.69) is 54.2 Å². The van der Waals surface area contributed by atoms with E-state index in [0.717, 1.165) is 15.7 Å². The summed E-state index contributed by atoms with van der Waals surface area (Å²) >= 11 is 5.01. The molecular weight excluding hydrogens is 484 g/mol. The van der Waals surface area contributed by atoms with Gasteiger partial charge in [0.25, 0.3) is 5.91 Å². The van der Waals surface area contributed by atoms with Gasteiger partial charge in [-0.05, 0) is 59.0 Å². The SMILES string of the molecule is CC(C)(C)c1ccc(N2C(=O)CSC2c2ccc(NC(=O)c3cccc(Br)c3)cc2)cc1. The summed E-state index contributed by atoms with van der Waals surface area (Å²) in [4.78, 5) is 27.0. The van der Waals surface area contributed by atoms with Crippen molar-refractivity contribution in [2.75, 3.05) is 16.0 Å². The van der Waals surface area contributed by atoms with Crippen LogP contribution < -0.4 is 10.2 Å².